The number of hydrogen-bond acceptors (Lipinski definition) is 0. The van der Waals surface area contributed by atoms with E-state index < -0.39 is 0 Å². The third kappa shape index (κ3) is 3.61. The standard InChI is InChI=1S/C20H24N.HI/c1-16-14-21(2,3)15-19(16)20(17-10-6-4-7-11-17)18-12-8-5-9-13-18;/h4-13,20H,14-15H2,1-3H3;1H/q+1;/p-1. The molecule has 0 bridgehead atoms. The van der Waals surface area contributed by atoms with Gasteiger partial charge in [0.2, 0.25) is 0 Å². The Morgan fingerprint density at radius 1 is 0.773 bits per heavy atom. The van der Waals surface area contributed by atoms with Crippen molar-refractivity contribution >= 4 is 0 Å². The van der Waals surface area contributed by atoms with Crippen LogP contribution in [0.1, 0.15) is 24.0 Å². The molecule has 0 saturated heterocycles. The van der Waals surface area contributed by atoms with Gasteiger partial charge < -0.3 is 28.5 Å². The second-order valence-corrected chi connectivity index (χ2v) is 6.81. The molecule has 22 heavy (non-hydrogen) atoms. The Labute approximate surface area is 151 Å². The smallest absolute Gasteiger partial charge is 0.102 e. The highest BCUT2D eigenvalue weighted by Gasteiger charge is 2.33. The van der Waals surface area contributed by atoms with E-state index >= 15 is 0 Å². The third-order valence-corrected chi connectivity index (χ3v) is 4.43. The summed E-state index contributed by atoms with van der Waals surface area (Å²) in [6.07, 6.45) is 0. The summed E-state index contributed by atoms with van der Waals surface area (Å²) in [6, 6.07) is 21.8. The largest absolute Gasteiger partial charge is 1.00 e. The van der Waals surface area contributed by atoms with E-state index in [0.29, 0.717) is 5.92 Å². The van der Waals surface area contributed by atoms with Crippen LogP contribution < -0.4 is 24.0 Å². The Bertz CT molecular complexity index is 604. The predicted molar refractivity (Wildman–Crippen MR) is 89.3 cm³/mol. The number of quaternary nitrogens is 1. The van der Waals surface area contributed by atoms with Gasteiger partial charge in [0.05, 0.1) is 14.1 Å². The molecule has 0 radical (unpaired) electrons. The van der Waals surface area contributed by atoms with E-state index in [1.807, 2.05) is 0 Å². The minimum absolute atomic E-state index is 0. The van der Waals surface area contributed by atoms with Gasteiger partial charge >= 0.3 is 0 Å². The Hall–Kier alpha value is -1.13. The lowest BCUT2D eigenvalue weighted by Crippen LogP contribution is -3.00. The first-order valence-corrected chi connectivity index (χ1v) is 7.67. The quantitative estimate of drug-likeness (QED) is 0.410. The fraction of sp³-hybridized carbons (Fsp3) is 0.300. The number of rotatable bonds is 3. The Kier molecular flexibility index (Phi) is 5.45. The summed E-state index contributed by atoms with van der Waals surface area (Å²) >= 11 is 0. The van der Waals surface area contributed by atoms with Crippen molar-refractivity contribution in [2.45, 2.75) is 12.8 Å². The lowest BCUT2D eigenvalue weighted by atomic mass is 9.83. The van der Waals surface area contributed by atoms with Crippen molar-refractivity contribution in [3.63, 3.8) is 0 Å². The van der Waals surface area contributed by atoms with Crippen LogP contribution in [0.15, 0.2) is 71.8 Å². The van der Waals surface area contributed by atoms with Crippen molar-refractivity contribution in [2.75, 3.05) is 27.2 Å². The van der Waals surface area contributed by atoms with Crippen molar-refractivity contribution in [1.82, 2.24) is 0 Å². The topological polar surface area (TPSA) is 0 Å². The molecule has 0 aliphatic carbocycles. The summed E-state index contributed by atoms with van der Waals surface area (Å²) < 4.78 is 1.07. The van der Waals surface area contributed by atoms with Gasteiger partial charge in [0, 0.05) is 11.5 Å². The Balaban J connectivity index is 0.00000176. The van der Waals surface area contributed by atoms with Gasteiger partial charge in [-0.15, -0.1) is 0 Å². The van der Waals surface area contributed by atoms with Crippen LogP contribution in [0.5, 0.6) is 0 Å². The summed E-state index contributed by atoms with van der Waals surface area (Å²) in [6.45, 7) is 4.60. The second-order valence-electron chi connectivity index (χ2n) is 6.81. The van der Waals surface area contributed by atoms with Crippen LogP contribution in [0.3, 0.4) is 0 Å². The van der Waals surface area contributed by atoms with E-state index in [-0.39, 0.29) is 24.0 Å². The fourth-order valence-corrected chi connectivity index (χ4v) is 3.62. The molecule has 116 valence electrons. The van der Waals surface area contributed by atoms with Crippen LogP contribution in [0.25, 0.3) is 0 Å². The molecule has 3 rings (SSSR count). The molecule has 2 aromatic rings. The molecule has 0 N–H and O–H groups in total. The maximum Gasteiger partial charge on any atom is 0.102 e. The van der Waals surface area contributed by atoms with Crippen molar-refractivity contribution in [3.8, 4) is 0 Å². The van der Waals surface area contributed by atoms with E-state index in [4.69, 9.17) is 0 Å². The minimum atomic E-state index is 0. The average molecular weight is 405 g/mol. The number of nitrogens with zero attached hydrogens (tertiary/aromatic N) is 1. The van der Waals surface area contributed by atoms with Crippen LogP contribution in [0.2, 0.25) is 0 Å². The molecule has 0 unspecified atom stereocenters. The van der Waals surface area contributed by atoms with Gasteiger partial charge in [-0.2, -0.15) is 0 Å². The molecule has 1 aliphatic rings. The molecule has 0 aromatic heterocycles. The predicted octanol–water partition coefficient (Wildman–Crippen LogP) is 1.23. The summed E-state index contributed by atoms with van der Waals surface area (Å²) in [7, 11) is 4.65. The molecular formula is C20H24IN. The molecule has 0 fully saturated rings. The van der Waals surface area contributed by atoms with Gasteiger partial charge in [-0.25, -0.2) is 0 Å². The zero-order chi connectivity index (χ0) is 14.9. The van der Waals surface area contributed by atoms with Crippen LogP contribution in [0, 0.1) is 0 Å². The molecule has 0 spiro atoms. The van der Waals surface area contributed by atoms with E-state index in [1.54, 1.807) is 11.1 Å². The van der Waals surface area contributed by atoms with E-state index in [1.165, 1.54) is 11.1 Å². The normalized spacial score (nSPS) is 16.7. The van der Waals surface area contributed by atoms with Gasteiger partial charge in [0.1, 0.15) is 13.1 Å². The summed E-state index contributed by atoms with van der Waals surface area (Å²) in [4.78, 5) is 0. The lowest BCUT2D eigenvalue weighted by molar-refractivity contribution is -0.875. The summed E-state index contributed by atoms with van der Waals surface area (Å²) in [5.74, 6) is 0.396. The van der Waals surface area contributed by atoms with Crippen molar-refractivity contribution in [1.29, 1.82) is 0 Å². The van der Waals surface area contributed by atoms with Crippen LogP contribution >= 0.6 is 0 Å². The first-order valence-electron chi connectivity index (χ1n) is 7.67. The monoisotopic (exact) mass is 405 g/mol. The van der Waals surface area contributed by atoms with Gasteiger partial charge in [0.25, 0.3) is 0 Å². The van der Waals surface area contributed by atoms with Gasteiger partial charge in [0.15, 0.2) is 0 Å². The minimum Gasteiger partial charge on any atom is -1.00 e. The SMILES string of the molecule is CC1=C(C(c2ccccc2)c2ccccc2)C[N+](C)(C)C1.[I-]. The molecule has 1 nitrogen and oxygen atoms in total. The Morgan fingerprint density at radius 3 is 1.59 bits per heavy atom. The van der Waals surface area contributed by atoms with Crippen LogP contribution in [-0.4, -0.2) is 31.7 Å². The van der Waals surface area contributed by atoms with E-state index in [9.17, 15) is 0 Å². The van der Waals surface area contributed by atoms with E-state index in [0.717, 1.165) is 17.6 Å². The molecule has 0 amide bonds. The van der Waals surface area contributed by atoms with Gasteiger partial charge in [-0.3, -0.25) is 0 Å². The molecule has 0 saturated carbocycles. The maximum atomic E-state index is 2.32. The van der Waals surface area contributed by atoms with Crippen molar-refractivity contribution in [3.05, 3.63) is 82.9 Å². The summed E-state index contributed by atoms with van der Waals surface area (Å²) in [5, 5.41) is 0. The molecule has 0 atom stereocenters. The number of hydrogen-bond donors (Lipinski definition) is 0. The molecule has 2 heteroatoms. The number of benzene rings is 2. The molecular weight excluding hydrogens is 381 g/mol. The first kappa shape index (κ1) is 17.2. The third-order valence-electron chi connectivity index (χ3n) is 4.43. The fourth-order valence-electron chi connectivity index (χ4n) is 3.62. The van der Waals surface area contributed by atoms with Gasteiger partial charge in [-0.05, 0) is 23.6 Å². The highest BCUT2D eigenvalue weighted by molar-refractivity contribution is 5.43. The first-order chi connectivity index (χ1) is 10.1. The zero-order valence-corrected chi connectivity index (χ0v) is 15.7. The second kappa shape index (κ2) is 6.97. The van der Waals surface area contributed by atoms with Crippen LogP contribution in [0.4, 0.5) is 0 Å². The molecule has 2 aromatic carbocycles. The number of likely N-dealkylation sites (N-methyl/N-ethyl adjacent to an activating group) is 1. The zero-order valence-electron chi connectivity index (χ0n) is 13.6. The lowest BCUT2D eigenvalue weighted by Gasteiger charge is -2.26. The van der Waals surface area contributed by atoms with E-state index in [2.05, 4.69) is 81.7 Å². The van der Waals surface area contributed by atoms with Gasteiger partial charge in [-0.1, -0.05) is 60.7 Å². The average Bonchev–Trinajstić information content (AvgIpc) is 2.75. The Morgan fingerprint density at radius 2 is 1.23 bits per heavy atom. The van der Waals surface area contributed by atoms with Crippen LogP contribution in [-0.2, 0) is 0 Å². The number of halogens is 1. The maximum absolute atomic E-state index is 2.32. The highest BCUT2D eigenvalue weighted by Crippen LogP contribution is 2.38. The molecule has 1 heterocycles. The highest BCUT2D eigenvalue weighted by atomic mass is 127. The van der Waals surface area contributed by atoms with Crippen molar-refractivity contribution < 1.29 is 28.5 Å². The van der Waals surface area contributed by atoms with Crippen molar-refractivity contribution in [2.24, 2.45) is 0 Å². The summed E-state index contributed by atoms with van der Waals surface area (Å²) in [5.41, 5.74) is 5.95. The molecule has 1 aliphatic heterocycles.